The summed E-state index contributed by atoms with van der Waals surface area (Å²) >= 11 is 0. The van der Waals surface area contributed by atoms with Crippen molar-refractivity contribution in [3.05, 3.63) is 24.4 Å². The Hall–Kier alpha value is -0.850. The van der Waals surface area contributed by atoms with Crippen molar-refractivity contribution in [3.63, 3.8) is 0 Å². The van der Waals surface area contributed by atoms with Crippen LogP contribution >= 0.6 is 0 Å². The molecule has 0 fully saturated rings. The van der Waals surface area contributed by atoms with E-state index in [1.54, 1.807) is 6.20 Å². The quantitative estimate of drug-likeness (QED) is 0.582. The Bertz CT molecular complexity index is 236. The molecule has 0 saturated carbocycles. The number of aliphatic imine (C=N–C) groups is 1. The van der Waals surface area contributed by atoms with Gasteiger partial charge in [-0.3, -0.25) is 4.99 Å². The molecule has 1 atom stereocenters. The van der Waals surface area contributed by atoms with Crippen molar-refractivity contribution in [2.45, 2.75) is 39.5 Å². The Kier molecular flexibility index (Phi) is 3.94. The van der Waals surface area contributed by atoms with Gasteiger partial charge in [0.05, 0.1) is 0 Å². The van der Waals surface area contributed by atoms with E-state index in [-0.39, 0.29) is 0 Å². The van der Waals surface area contributed by atoms with Crippen LogP contribution in [-0.4, -0.2) is 5.71 Å². The minimum atomic E-state index is 0.852. The molecule has 1 unspecified atom stereocenters. The molecule has 0 N–H and O–H groups in total. The van der Waals surface area contributed by atoms with Gasteiger partial charge in [0.1, 0.15) is 0 Å². The van der Waals surface area contributed by atoms with Gasteiger partial charge < -0.3 is 0 Å². The molecule has 0 aromatic carbocycles. The largest absolute Gasteiger partial charge is 0.262 e. The highest BCUT2D eigenvalue weighted by molar-refractivity contribution is 6.00. The van der Waals surface area contributed by atoms with Crippen LogP contribution in [-0.2, 0) is 0 Å². The van der Waals surface area contributed by atoms with Gasteiger partial charge in [-0.2, -0.15) is 0 Å². The van der Waals surface area contributed by atoms with E-state index in [0.717, 1.165) is 12.3 Å². The van der Waals surface area contributed by atoms with Crippen molar-refractivity contribution < 1.29 is 0 Å². The van der Waals surface area contributed by atoms with Crippen LogP contribution in [0.1, 0.15) is 39.5 Å². The monoisotopic (exact) mass is 177 g/mol. The zero-order valence-electron chi connectivity index (χ0n) is 8.71. The zero-order chi connectivity index (χ0) is 9.68. The van der Waals surface area contributed by atoms with Crippen molar-refractivity contribution in [3.8, 4) is 0 Å². The van der Waals surface area contributed by atoms with Gasteiger partial charge in [-0.15, -0.1) is 0 Å². The highest BCUT2D eigenvalue weighted by Crippen LogP contribution is 2.24. The molecule has 1 nitrogen and oxygen atoms in total. The first kappa shape index (κ1) is 10.2. The topological polar surface area (TPSA) is 12.4 Å². The molecule has 13 heavy (non-hydrogen) atoms. The van der Waals surface area contributed by atoms with E-state index in [9.17, 15) is 0 Å². The molecule has 0 saturated heterocycles. The molecule has 1 heteroatoms. The molecule has 1 aliphatic rings. The molecule has 1 rings (SSSR count). The van der Waals surface area contributed by atoms with Crippen LogP contribution in [0, 0.1) is 5.92 Å². The molecule has 0 amide bonds. The maximum absolute atomic E-state index is 4.30. The van der Waals surface area contributed by atoms with Crippen LogP contribution in [0.4, 0.5) is 0 Å². The number of hydrogen-bond donors (Lipinski definition) is 0. The van der Waals surface area contributed by atoms with Crippen molar-refractivity contribution in [1.82, 2.24) is 0 Å². The standard InChI is InChI=1S/C12H19N/c1-4-12(13-5-2)11-8-6-10(3)7-9-11/h5,8,10H,2,4,6-7,9H2,1,3H3. The Morgan fingerprint density at radius 2 is 2.54 bits per heavy atom. The Balaban J connectivity index is 2.70. The fraction of sp³-hybridized carbons (Fsp3) is 0.583. The third-order valence-electron chi connectivity index (χ3n) is 2.63. The first-order valence-electron chi connectivity index (χ1n) is 5.15. The third kappa shape index (κ3) is 2.83. The second kappa shape index (κ2) is 5.00. The van der Waals surface area contributed by atoms with Crippen LogP contribution in [0.15, 0.2) is 29.4 Å². The fourth-order valence-electron chi connectivity index (χ4n) is 1.74. The van der Waals surface area contributed by atoms with E-state index in [1.807, 2.05) is 0 Å². The Morgan fingerprint density at radius 1 is 1.77 bits per heavy atom. The second-order valence-electron chi connectivity index (χ2n) is 3.72. The van der Waals surface area contributed by atoms with E-state index < -0.39 is 0 Å². The molecule has 0 spiro atoms. The van der Waals surface area contributed by atoms with Gasteiger partial charge in [0.15, 0.2) is 0 Å². The summed E-state index contributed by atoms with van der Waals surface area (Å²) in [6.07, 6.45) is 8.74. The van der Waals surface area contributed by atoms with Crippen molar-refractivity contribution in [2.24, 2.45) is 10.9 Å². The smallest absolute Gasteiger partial charge is 0.0429 e. The van der Waals surface area contributed by atoms with E-state index >= 15 is 0 Å². The summed E-state index contributed by atoms with van der Waals surface area (Å²) in [6.45, 7) is 8.11. The van der Waals surface area contributed by atoms with Gasteiger partial charge in [-0.05, 0) is 37.2 Å². The highest BCUT2D eigenvalue weighted by Gasteiger charge is 2.12. The van der Waals surface area contributed by atoms with Crippen molar-refractivity contribution >= 4 is 5.71 Å². The Morgan fingerprint density at radius 3 is 3.00 bits per heavy atom. The van der Waals surface area contributed by atoms with Crippen LogP contribution in [0.3, 0.4) is 0 Å². The zero-order valence-corrected chi connectivity index (χ0v) is 8.71. The highest BCUT2D eigenvalue weighted by atomic mass is 14.7. The normalized spacial score (nSPS) is 24.0. The maximum atomic E-state index is 4.30. The SMILES string of the molecule is C=CN=C(CC)C1=CCC(C)CC1. The van der Waals surface area contributed by atoms with Gasteiger partial charge in [0.25, 0.3) is 0 Å². The van der Waals surface area contributed by atoms with E-state index in [4.69, 9.17) is 0 Å². The number of nitrogens with zero attached hydrogens (tertiary/aromatic N) is 1. The number of rotatable bonds is 3. The van der Waals surface area contributed by atoms with Gasteiger partial charge in [-0.1, -0.05) is 26.5 Å². The van der Waals surface area contributed by atoms with Crippen molar-refractivity contribution in [2.75, 3.05) is 0 Å². The molecular formula is C12H19N. The van der Waals surface area contributed by atoms with E-state index in [2.05, 4.69) is 31.5 Å². The summed E-state index contributed by atoms with van der Waals surface area (Å²) in [6, 6.07) is 0. The molecule has 0 aromatic rings. The average molecular weight is 177 g/mol. The molecule has 1 aliphatic carbocycles. The molecule has 0 bridgehead atoms. The first-order valence-corrected chi connectivity index (χ1v) is 5.15. The molecule has 0 heterocycles. The number of hydrogen-bond acceptors (Lipinski definition) is 1. The summed E-state index contributed by atoms with van der Waals surface area (Å²) in [5.74, 6) is 0.852. The van der Waals surface area contributed by atoms with Crippen LogP contribution in [0.2, 0.25) is 0 Å². The van der Waals surface area contributed by atoms with Crippen LogP contribution in [0.25, 0.3) is 0 Å². The summed E-state index contributed by atoms with van der Waals surface area (Å²) in [7, 11) is 0. The lowest BCUT2D eigenvalue weighted by Gasteiger charge is -2.18. The molecule has 0 radical (unpaired) electrons. The van der Waals surface area contributed by atoms with E-state index in [1.165, 1.54) is 30.5 Å². The lowest BCUT2D eigenvalue weighted by molar-refractivity contribution is 0.520. The molecule has 0 aromatic heterocycles. The maximum Gasteiger partial charge on any atom is 0.0429 e. The van der Waals surface area contributed by atoms with Gasteiger partial charge in [0.2, 0.25) is 0 Å². The minimum absolute atomic E-state index is 0.852. The average Bonchev–Trinajstić information content (AvgIpc) is 2.16. The van der Waals surface area contributed by atoms with Crippen LogP contribution in [0.5, 0.6) is 0 Å². The minimum Gasteiger partial charge on any atom is -0.262 e. The first-order chi connectivity index (χ1) is 6.27. The summed E-state index contributed by atoms with van der Waals surface area (Å²) in [4.78, 5) is 4.30. The fourth-order valence-corrected chi connectivity index (χ4v) is 1.74. The predicted molar refractivity (Wildman–Crippen MR) is 59.0 cm³/mol. The second-order valence-corrected chi connectivity index (χ2v) is 3.72. The Labute approximate surface area is 81.3 Å². The number of allylic oxidation sites excluding steroid dienone is 2. The third-order valence-corrected chi connectivity index (χ3v) is 2.63. The summed E-state index contributed by atoms with van der Waals surface area (Å²) < 4.78 is 0. The van der Waals surface area contributed by atoms with Crippen molar-refractivity contribution in [1.29, 1.82) is 0 Å². The van der Waals surface area contributed by atoms with E-state index in [0.29, 0.717) is 0 Å². The van der Waals surface area contributed by atoms with Gasteiger partial charge in [0, 0.05) is 11.9 Å². The summed E-state index contributed by atoms with van der Waals surface area (Å²) in [5.41, 5.74) is 2.67. The lowest BCUT2D eigenvalue weighted by Crippen LogP contribution is -2.08. The molecule has 0 aliphatic heterocycles. The molecular weight excluding hydrogens is 158 g/mol. The predicted octanol–water partition coefficient (Wildman–Crippen LogP) is 3.73. The lowest BCUT2D eigenvalue weighted by atomic mass is 9.88. The summed E-state index contributed by atoms with van der Waals surface area (Å²) in [5, 5.41) is 0. The molecule has 72 valence electrons. The van der Waals surface area contributed by atoms with Crippen LogP contribution < -0.4 is 0 Å². The van der Waals surface area contributed by atoms with Gasteiger partial charge >= 0.3 is 0 Å². The van der Waals surface area contributed by atoms with Gasteiger partial charge in [-0.25, -0.2) is 0 Å².